The number of aliphatic hydroxyl groups is 1. The van der Waals surface area contributed by atoms with Crippen molar-refractivity contribution in [2.24, 2.45) is 5.92 Å². The Morgan fingerprint density at radius 1 is 1.33 bits per heavy atom. The number of aryl methyl sites for hydroxylation is 1. The van der Waals surface area contributed by atoms with Crippen LogP contribution in [0.4, 0.5) is 11.8 Å². The first kappa shape index (κ1) is 19.1. The van der Waals surface area contributed by atoms with Gasteiger partial charge in [-0.25, -0.2) is 4.98 Å². The first-order valence-electron chi connectivity index (χ1n) is 10.1. The van der Waals surface area contributed by atoms with Crippen LogP contribution < -0.4 is 10.2 Å². The lowest BCUT2D eigenvalue weighted by molar-refractivity contribution is 0.0645. The second kappa shape index (κ2) is 8.01. The monoisotopic (exact) mass is 394 g/mol. The van der Waals surface area contributed by atoms with Gasteiger partial charge in [-0.15, -0.1) is 0 Å². The highest BCUT2D eigenvalue weighted by molar-refractivity contribution is 7.85. The Morgan fingerprint density at radius 2 is 2.11 bits per heavy atom. The molecule has 7 nitrogen and oxygen atoms in total. The minimum Gasteiger partial charge on any atom is -0.394 e. The molecule has 1 aromatic rings. The number of nitrogens with one attached hydrogen (secondary N) is 1. The number of fused-ring (bicyclic) bond motifs is 1. The maximum Gasteiger partial charge on any atom is 0.227 e. The summed E-state index contributed by atoms with van der Waals surface area (Å²) in [4.78, 5) is 12.3. The molecule has 1 saturated carbocycles. The molecule has 2 aliphatic heterocycles. The van der Waals surface area contributed by atoms with Crippen molar-refractivity contribution >= 4 is 22.6 Å². The maximum atomic E-state index is 12.5. The molecule has 3 heterocycles. The fourth-order valence-corrected chi connectivity index (χ4v) is 5.43. The topological polar surface area (TPSA) is 87.6 Å². The first-order valence-corrected chi connectivity index (χ1v) is 11.4. The van der Waals surface area contributed by atoms with Gasteiger partial charge in [-0.05, 0) is 44.4 Å². The minimum atomic E-state index is -1.05. The lowest BCUT2D eigenvalue weighted by Gasteiger charge is -2.41. The standard InChI is InChI=1S/C19H30N4O3S/c1-23(9-3-14-4-10-26-11-5-14)18-20-15-6-12-27(25)16(15)17(21-18)22-19(13-24)7-2-8-19/h14,24H,2-13H2,1H3,(H,20,21,22). The van der Waals surface area contributed by atoms with Gasteiger partial charge >= 0.3 is 0 Å². The zero-order chi connectivity index (χ0) is 18.9. The molecule has 0 spiro atoms. The third-order valence-electron chi connectivity index (χ3n) is 6.23. The Kier molecular flexibility index (Phi) is 5.66. The van der Waals surface area contributed by atoms with Crippen LogP contribution >= 0.6 is 0 Å². The van der Waals surface area contributed by atoms with Gasteiger partial charge < -0.3 is 20.1 Å². The lowest BCUT2D eigenvalue weighted by Crippen LogP contribution is -2.48. The van der Waals surface area contributed by atoms with Crippen LogP contribution in [0.25, 0.3) is 0 Å². The number of aromatic nitrogens is 2. The zero-order valence-electron chi connectivity index (χ0n) is 16.1. The van der Waals surface area contributed by atoms with Crippen LogP contribution in [0, 0.1) is 5.92 Å². The van der Waals surface area contributed by atoms with E-state index in [9.17, 15) is 9.32 Å². The highest BCUT2D eigenvalue weighted by Crippen LogP contribution is 2.38. The molecule has 0 bridgehead atoms. The summed E-state index contributed by atoms with van der Waals surface area (Å²) in [6, 6.07) is 0. The fourth-order valence-electron chi connectivity index (χ4n) is 4.13. The summed E-state index contributed by atoms with van der Waals surface area (Å²) in [5.74, 6) is 2.67. The van der Waals surface area contributed by atoms with Crippen molar-refractivity contribution in [3.63, 3.8) is 0 Å². The molecule has 1 atom stereocenters. The maximum absolute atomic E-state index is 12.5. The molecule has 150 valence electrons. The van der Waals surface area contributed by atoms with Crippen molar-refractivity contribution in [2.45, 2.75) is 55.4 Å². The summed E-state index contributed by atoms with van der Waals surface area (Å²) in [6.45, 7) is 2.71. The predicted octanol–water partition coefficient (Wildman–Crippen LogP) is 1.72. The lowest BCUT2D eigenvalue weighted by atomic mass is 9.77. The number of hydrogen-bond donors (Lipinski definition) is 2. The Hall–Kier alpha value is -1.25. The molecular weight excluding hydrogens is 364 g/mol. The average molecular weight is 395 g/mol. The molecule has 1 saturated heterocycles. The summed E-state index contributed by atoms with van der Waals surface area (Å²) in [5, 5.41) is 13.3. The minimum absolute atomic E-state index is 0.0767. The zero-order valence-corrected chi connectivity index (χ0v) is 16.9. The third kappa shape index (κ3) is 3.98. The number of rotatable bonds is 7. The Balaban J connectivity index is 1.52. The second-order valence-electron chi connectivity index (χ2n) is 8.13. The normalized spacial score (nSPS) is 24.3. The summed E-state index contributed by atoms with van der Waals surface area (Å²) in [5.41, 5.74) is 0.582. The molecule has 0 aromatic carbocycles. The molecule has 1 unspecified atom stereocenters. The van der Waals surface area contributed by atoms with Gasteiger partial charge in [0.05, 0.1) is 28.6 Å². The van der Waals surface area contributed by atoms with Gasteiger partial charge in [0.2, 0.25) is 5.95 Å². The van der Waals surface area contributed by atoms with Crippen molar-refractivity contribution in [3.05, 3.63) is 5.69 Å². The van der Waals surface area contributed by atoms with Crippen LogP contribution in [0.3, 0.4) is 0 Å². The van der Waals surface area contributed by atoms with E-state index in [1.54, 1.807) is 0 Å². The number of aliphatic hydroxyl groups excluding tert-OH is 1. The van der Waals surface area contributed by atoms with Crippen LogP contribution in [0.1, 0.15) is 44.2 Å². The highest BCUT2D eigenvalue weighted by Gasteiger charge is 2.39. The number of hydrogen-bond acceptors (Lipinski definition) is 7. The van der Waals surface area contributed by atoms with Crippen molar-refractivity contribution < 1.29 is 14.1 Å². The molecule has 8 heteroatoms. The SMILES string of the molecule is CN(CCC1CCOCC1)c1nc2c(c(NC3(CO)CCC3)n1)S(=O)CC2. The molecule has 4 rings (SSSR count). The second-order valence-corrected chi connectivity index (χ2v) is 9.64. The molecule has 2 N–H and O–H groups in total. The summed E-state index contributed by atoms with van der Waals surface area (Å²) in [7, 11) is 0.975. The number of ether oxygens (including phenoxy) is 1. The molecule has 27 heavy (non-hydrogen) atoms. The molecule has 1 aliphatic carbocycles. The molecular formula is C19H30N4O3S. The van der Waals surface area contributed by atoms with E-state index in [0.29, 0.717) is 23.4 Å². The van der Waals surface area contributed by atoms with E-state index in [0.717, 1.165) is 75.3 Å². The average Bonchev–Trinajstić information content (AvgIpc) is 3.04. The third-order valence-corrected chi connectivity index (χ3v) is 7.69. The van der Waals surface area contributed by atoms with E-state index in [2.05, 4.69) is 10.2 Å². The largest absolute Gasteiger partial charge is 0.394 e. The van der Waals surface area contributed by atoms with Gasteiger partial charge in [-0.2, -0.15) is 4.98 Å². The summed E-state index contributed by atoms with van der Waals surface area (Å²) >= 11 is 0. The number of nitrogens with zero attached hydrogens (tertiary/aromatic N) is 3. The van der Waals surface area contributed by atoms with E-state index < -0.39 is 10.8 Å². The molecule has 3 aliphatic rings. The van der Waals surface area contributed by atoms with Crippen molar-refractivity contribution in [1.29, 1.82) is 0 Å². The molecule has 0 radical (unpaired) electrons. The predicted molar refractivity (Wildman–Crippen MR) is 106 cm³/mol. The van der Waals surface area contributed by atoms with Gasteiger partial charge in [-0.1, -0.05) is 0 Å². The molecule has 0 amide bonds. The van der Waals surface area contributed by atoms with Gasteiger partial charge in [0.15, 0.2) is 0 Å². The summed E-state index contributed by atoms with van der Waals surface area (Å²) < 4.78 is 17.9. The van der Waals surface area contributed by atoms with E-state index in [1.165, 1.54) is 0 Å². The van der Waals surface area contributed by atoms with Gasteiger partial charge in [0.1, 0.15) is 10.7 Å². The van der Waals surface area contributed by atoms with Crippen molar-refractivity contribution in [2.75, 3.05) is 49.4 Å². The quantitative estimate of drug-likeness (QED) is 0.728. The van der Waals surface area contributed by atoms with Gasteiger partial charge in [0, 0.05) is 39.0 Å². The molecule has 1 aromatic heterocycles. The van der Waals surface area contributed by atoms with Crippen LogP contribution in [0.2, 0.25) is 0 Å². The van der Waals surface area contributed by atoms with E-state index >= 15 is 0 Å². The highest BCUT2D eigenvalue weighted by atomic mass is 32.2. The Labute approximate surface area is 163 Å². The summed E-state index contributed by atoms with van der Waals surface area (Å²) in [6.07, 6.45) is 7.03. The van der Waals surface area contributed by atoms with Crippen LogP contribution in [0.15, 0.2) is 4.90 Å². The molecule has 2 fully saturated rings. The van der Waals surface area contributed by atoms with E-state index in [1.807, 2.05) is 7.05 Å². The van der Waals surface area contributed by atoms with E-state index in [4.69, 9.17) is 14.7 Å². The smallest absolute Gasteiger partial charge is 0.227 e. The van der Waals surface area contributed by atoms with Gasteiger partial charge in [-0.3, -0.25) is 4.21 Å². The Morgan fingerprint density at radius 3 is 2.78 bits per heavy atom. The van der Waals surface area contributed by atoms with E-state index in [-0.39, 0.29) is 12.1 Å². The van der Waals surface area contributed by atoms with Crippen molar-refractivity contribution in [1.82, 2.24) is 9.97 Å². The van der Waals surface area contributed by atoms with Crippen LogP contribution in [-0.2, 0) is 22.0 Å². The van der Waals surface area contributed by atoms with Crippen molar-refractivity contribution in [3.8, 4) is 0 Å². The first-order chi connectivity index (χ1) is 13.1. The van der Waals surface area contributed by atoms with Crippen LogP contribution in [0.5, 0.6) is 0 Å². The fraction of sp³-hybridized carbons (Fsp3) is 0.789. The number of anilines is 2. The Bertz CT molecular complexity index is 699. The van der Waals surface area contributed by atoms with Crippen LogP contribution in [-0.4, -0.2) is 64.0 Å². The van der Waals surface area contributed by atoms with Gasteiger partial charge in [0.25, 0.3) is 0 Å².